The topological polar surface area (TPSA) is 65.7 Å². The molecule has 0 saturated heterocycles. The van der Waals surface area contributed by atoms with Crippen molar-refractivity contribution in [3.8, 4) is 0 Å². The van der Waals surface area contributed by atoms with Gasteiger partial charge in [0, 0.05) is 47.0 Å². The Balaban J connectivity index is 2.48. The third-order valence-corrected chi connectivity index (χ3v) is 6.05. The SMILES string of the molecule is CO[Si](CCc1ccc(CNCCN)cc1)(OC)OC. The van der Waals surface area contributed by atoms with Crippen LogP contribution < -0.4 is 11.1 Å². The number of nitrogens with one attached hydrogen (secondary N) is 1. The molecule has 0 aromatic heterocycles. The van der Waals surface area contributed by atoms with Crippen LogP contribution in [0, 0.1) is 0 Å². The van der Waals surface area contributed by atoms with Gasteiger partial charge < -0.3 is 24.3 Å². The third-order valence-electron chi connectivity index (χ3n) is 3.33. The van der Waals surface area contributed by atoms with Crippen LogP contribution in [0.3, 0.4) is 0 Å². The molecule has 0 spiro atoms. The first-order valence-corrected chi connectivity index (χ1v) is 8.77. The van der Waals surface area contributed by atoms with E-state index in [1.54, 1.807) is 21.3 Å². The van der Waals surface area contributed by atoms with Gasteiger partial charge in [0.2, 0.25) is 0 Å². The van der Waals surface area contributed by atoms with Crippen molar-refractivity contribution in [3.63, 3.8) is 0 Å². The Bertz CT molecular complexity index is 361. The summed E-state index contributed by atoms with van der Waals surface area (Å²) >= 11 is 0. The van der Waals surface area contributed by atoms with Crippen molar-refractivity contribution in [1.29, 1.82) is 0 Å². The van der Waals surface area contributed by atoms with Crippen LogP contribution in [0.2, 0.25) is 6.04 Å². The van der Waals surface area contributed by atoms with Crippen LogP contribution in [0.4, 0.5) is 0 Å². The Kier molecular flexibility index (Phi) is 7.97. The second kappa shape index (κ2) is 9.22. The highest BCUT2D eigenvalue weighted by molar-refractivity contribution is 6.60. The van der Waals surface area contributed by atoms with Crippen molar-refractivity contribution in [1.82, 2.24) is 5.32 Å². The van der Waals surface area contributed by atoms with Crippen molar-refractivity contribution in [2.24, 2.45) is 5.73 Å². The van der Waals surface area contributed by atoms with Gasteiger partial charge in [0.25, 0.3) is 0 Å². The van der Waals surface area contributed by atoms with Gasteiger partial charge in [0.1, 0.15) is 0 Å². The van der Waals surface area contributed by atoms with Crippen molar-refractivity contribution in [2.45, 2.75) is 19.0 Å². The molecule has 0 aliphatic heterocycles. The van der Waals surface area contributed by atoms with Gasteiger partial charge in [-0.1, -0.05) is 24.3 Å². The molecule has 1 rings (SSSR count). The van der Waals surface area contributed by atoms with Crippen molar-refractivity contribution in [3.05, 3.63) is 35.4 Å². The van der Waals surface area contributed by atoms with Gasteiger partial charge in [-0.2, -0.15) is 0 Å². The van der Waals surface area contributed by atoms with Crippen molar-refractivity contribution in [2.75, 3.05) is 34.4 Å². The molecular weight excluding hydrogens is 272 g/mol. The van der Waals surface area contributed by atoms with Crippen LogP contribution in [-0.4, -0.2) is 43.2 Å². The summed E-state index contributed by atoms with van der Waals surface area (Å²) in [5.74, 6) is 0. The fourth-order valence-corrected chi connectivity index (χ4v) is 3.72. The van der Waals surface area contributed by atoms with E-state index >= 15 is 0 Å². The zero-order valence-electron chi connectivity index (χ0n) is 12.6. The smallest absolute Gasteiger partial charge is 0.377 e. The standard InChI is InChI=1S/C14H26N2O3Si/c1-17-20(18-2,19-3)11-8-13-4-6-14(7-5-13)12-16-10-9-15/h4-7,16H,8-12,15H2,1-3H3. The first-order chi connectivity index (χ1) is 9.69. The first kappa shape index (κ1) is 17.3. The lowest BCUT2D eigenvalue weighted by molar-refractivity contribution is 0.123. The van der Waals surface area contributed by atoms with Crippen LogP contribution in [0.25, 0.3) is 0 Å². The summed E-state index contributed by atoms with van der Waals surface area (Å²) in [6, 6.07) is 9.32. The predicted molar refractivity (Wildman–Crippen MR) is 82.5 cm³/mol. The van der Waals surface area contributed by atoms with Crippen LogP contribution in [0.15, 0.2) is 24.3 Å². The average Bonchev–Trinajstić information content (AvgIpc) is 2.51. The Morgan fingerprint density at radius 3 is 2.05 bits per heavy atom. The van der Waals surface area contributed by atoms with E-state index in [1.165, 1.54) is 11.1 Å². The highest BCUT2D eigenvalue weighted by Gasteiger charge is 2.36. The van der Waals surface area contributed by atoms with Gasteiger partial charge in [-0.15, -0.1) is 0 Å². The fourth-order valence-electron chi connectivity index (χ4n) is 2.01. The number of rotatable bonds is 10. The van der Waals surface area contributed by atoms with Gasteiger partial charge in [0.15, 0.2) is 0 Å². The Hall–Kier alpha value is -0.763. The Morgan fingerprint density at radius 2 is 1.55 bits per heavy atom. The van der Waals surface area contributed by atoms with Crippen molar-refractivity contribution >= 4 is 8.80 Å². The van der Waals surface area contributed by atoms with E-state index in [1.807, 2.05) is 0 Å². The quantitative estimate of drug-likeness (QED) is 0.501. The molecule has 6 heteroatoms. The van der Waals surface area contributed by atoms with E-state index in [2.05, 4.69) is 29.6 Å². The lowest BCUT2D eigenvalue weighted by Crippen LogP contribution is -2.43. The molecule has 0 bridgehead atoms. The summed E-state index contributed by atoms with van der Waals surface area (Å²) < 4.78 is 16.3. The molecule has 0 fully saturated rings. The molecule has 5 nitrogen and oxygen atoms in total. The maximum absolute atomic E-state index is 5.44. The molecule has 1 aromatic carbocycles. The lowest BCUT2D eigenvalue weighted by atomic mass is 10.1. The van der Waals surface area contributed by atoms with Gasteiger partial charge in [0.05, 0.1) is 0 Å². The summed E-state index contributed by atoms with van der Waals surface area (Å²) in [6.07, 6.45) is 0.887. The molecule has 0 heterocycles. The minimum Gasteiger partial charge on any atom is -0.377 e. The summed E-state index contributed by atoms with van der Waals surface area (Å²) in [5.41, 5.74) is 7.96. The highest BCUT2D eigenvalue weighted by Crippen LogP contribution is 2.17. The predicted octanol–water partition coefficient (Wildman–Crippen LogP) is 1.16. The van der Waals surface area contributed by atoms with Gasteiger partial charge in [-0.05, 0) is 17.5 Å². The summed E-state index contributed by atoms with van der Waals surface area (Å²) in [4.78, 5) is 0. The average molecular weight is 298 g/mol. The molecule has 0 amide bonds. The van der Waals surface area contributed by atoms with E-state index in [4.69, 9.17) is 19.0 Å². The van der Waals surface area contributed by atoms with Crippen LogP contribution in [0.5, 0.6) is 0 Å². The van der Waals surface area contributed by atoms with E-state index in [-0.39, 0.29) is 0 Å². The van der Waals surface area contributed by atoms with E-state index < -0.39 is 8.80 Å². The molecule has 0 atom stereocenters. The first-order valence-electron chi connectivity index (χ1n) is 6.83. The number of nitrogens with two attached hydrogens (primary N) is 1. The largest absolute Gasteiger partial charge is 0.500 e. The Labute approximate surface area is 122 Å². The fraction of sp³-hybridized carbons (Fsp3) is 0.571. The molecule has 0 radical (unpaired) electrons. The zero-order chi connectivity index (χ0) is 14.8. The number of benzene rings is 1. The zero-order valence-corrected chi connectivity index (χ0v) is 13.6. The van der Waals surface area contributed by atoms with Crippen molar-refractivity contribution < 1.29 is 13.3 Å². The highest BCUT2D eigenvalue weighted by atomic mass is 28.4. The molecule has 3 N–H and O–H groups in total. The second-order valence-corrected chi connectivity index (χ2v) is 7.67. The molecule has 0 unspecified atom stereocenters. The van der Waals surface area contributed by atoms with Crippen LogP contribution in [0.1, 0.15) is 11.1 Å². The van der Waals surface area contributed by atoms with Crippen LogP contribution >= 0.6 is 0 Å². The number of hydrogen-bond donors (Lipinski definition) is 2. The van der Waals surface area contributed by atoms with E-state index in [0.717, 1.165) is 25.6 Å². The second-order valence-electron chi connectivity index (χ2n) is 4.58. The molecule has 20 heavy (non-hydrogen) atoms. The van der Waals surface area contributed by atoms with Gasteiger partial charge >= 0.3 is 8.80 Å². The molecule has 0 saturated carbocycles. The molecular formula is C14H26N2O3Si. The molecule has 0 aliphatic rings. The third kappa shape index (κ3) is 5.32. The summed E-state index contributed by atoms with van der Waals surface area (Å²) in [6.45, 7) is 2.35. The normalized spacial score (nSPS) is 11.8. The molecule has 114 valence electrons. The molecule has 1 aromatic rings. The monoisotopic (exact) mass is 298 g/mol. The van der Waals surface area contributed by atoms with Gasteiger partial charge in [-0.3, -0.25) is 0 Å². The summed E-state index contributed by atoms with van der Waals surface area (Å²) in [5, 5.41) is 3.28. The lowest BCUT2D eigenvalue weighted by Gasteiger charge is -2.24. The maximum atomic E-state index is 5.44. The van der Waals surface area contributed by atoms with Gasteiger partial charge in [-0.25, -0.2) is 0 Å². The summed E-state index contributed by atoms with van der Waals surface area (Å²) in [7, 11) is 2.47. The molecule has 0 aliphatic carbocycles. The van der Waals surface area contributed by atoms with E-state index in [0.29, 0.717) is 6.54 Å². The number of aryl methyl sites for hydroxylation is 1. The maximum Gasteiger partial charge on any atom is 0.500 e. The number of hydrogen-bond acceptors (Lipinski definition) is 5. The minimum absolute atomic E-state index is 0.663. The Morgan fingerprint density at radius 1 is 1.00 bits per heavy atom. The van der Waals surface area contributed by atoms with Crippen LogP contribution in [-0.2, 0) is 26.2 Å². The minimum atomic E-state index is -2.47. The van der Waals surface area contributed by atoms with E-state index in [9.17, 15) is 0 Å².